The van der Waals surface area contributed by atoms with Crippen molar-refractivity contribution in [1.29, 1.82) is 0 Å². The summed E-state index contributed by atoms with van der Waals surface area (Å²) in [5.74, 6) is -0.446. The van der Waals surface area contributed by atoms with E-state index in [9.17, 15) is 14.4 Å². The van der Waals surface area contributed by atoms with Crippen molar-refractivity contribution < 1.29 is 23.9 Å². The molecule has 148 valence electrons. The van der Waals surface area contributed by atoms with Gasteiger partial charge in [0.05, 0.1) is 12.6 Å². The second-order valence-corrected chi connectivity index (χ2v) is 6.83. The van der Waals surface area contributed by atoms with E-state index in [1.54, 1.807) is 0 Å². The van der Waals surface area contributed by atoms with E-state index in [2.05, 4.69) is 0 Å². The van der Waals surface area contributed by atoms with Crippen LogP contribution in [0, 0.1) is 0 Å². The quantitative estimate of drug-likeness (QED) is 0.637. The van der Waals surface area contributed by atoms with Crippen LogP contribution in [-0.4, -0.2) is 35.7 Å². The third kappa shape index (κ3) is 3.14. The maximum absolute atomic E-state index is 13.0. The summed E-state index contributed by atoms with van der Waals surface area (Å²) < 4.78 is 11.8. The molecule has 1 aliphatic heterocycles. The van der Waals surface area contributed by atoms with Crippen LogP contribution in [0.15, 0.2) is 54.6 Å². The minimum atomic E-state index is -0.886. The molecule has 0 fully saturated rings. The van der Waals surface area contributed by atoms with E-state index in [-0.39, 0.29) is 18.9 Å². The number of aromatic nitrogens is 1. The summed E-state index contributed by atoms with van der Waals surface area (Å²) in [5, 5.41) is 0.824. The van der Waals surface area contributed by atoms with E-state index in [0.717, 1.165) is 16.5 Å². The van der Waals surface area contributed by atoms with Crippen LogP contribution in [0.3, 0.4) is 0 Å². The fourth-order valence-corrected chi connectivity index (χ4v) is 3.83. The Kier molecular flexibility index (Phi) is 4.80. The lowest BCUT2D eigenvalue weighted by molar-refractivity contribution is -0.142. The number of hydrogen-bond acceptors (Lipinski definition) is 5. The fourth-order valence-electron chi connectivity index (χ4n) is 3.83. The molecule has 3 aromatic rings. The van der Waals surface area contributed by atoms with Gasteiger partial charge in [0.15, 0.2) is 0 Å². The Morgan fingerprint density at radius 1 is 1.03 bits per heavy atom. The van der Waals surface area contributed by atoms with E-state index in [4.69, 9.17) is 9.47 Å². The van der Waals surface area contributed by atoms with Gasteiger partial charge in [-0.15, -0.1) is 0 Å². The molecule has 0 saturated carbocycles. The molecular weight excluding hydrogens is 372 g/mol. The Hall–Kier alpha value is -3.61. The Morgan fingerprint density at radius 2 is 1.72 bits per heavy atom. The zero-order chi connectivity index (χ0) is 20.5. The first-order chi connectivity index (χ1) is 14.0. The van der Waals surface area contributed by atoms with Crippen molar-refractivity contribution >= 4 is 34.7 Å². The SMILES string of the molecule is COC(=O)[C@@H]1Cc2c(n(C(C)=O)c3ccccc23)N1C(=O)OCc1ccccc1. The van der Waals surface area contributed by atoms with Crippen LogP contribution in [0.25, 0.3) is 10.9 Å². The Labute approximate surface area is 167 Å². The van der Waals surface area contributed by atoms with Crippen molar-refractivity contribution in [3.05, 3.63) is 65.7 Å². The minimum Gasteiger partial charge on any atom is -0.467 e. The van der Waals surface area contributed by atoms with Gasteiger partial charge in [-0.3, -0.25) is 9.36 Å². The summed E-state index contributed by atoms with van der Waals surface area (Å²) in [4.78, 5) is 39.1. The first-order valence-corrected chi connectivity index (χ1v) is 9.24. The molecule has 0 N–H and O–H groups in total. The number of amides is 1. The maximum atomic E-state index is 13.0. The van der Waals surface area contributed by atoms with Gasteiger partial charge in [0.1, 0.15) is 18.5 Å². The molecule has 1 atom stereocenters. The van der Waals surface area contributed by atoms with Gasteiger partial charge in [-0.25, -0.2) is 14.5 Å². The number of para-hydroxylation sites is 1. The Morgan fingerprint density at radius 3 is 2.41 bits per heavy atom. The van der Waals surface area contributed by atoms with Crippen molar-refractivity contribution in [2.45, 2.75) is 26.0 Å². The van der Waals surface area contributed by atoms with Crippen molar-refractivity contribution in [2.75, 3.05) is 12.0 Å². The van der Waals surface area contributed by atoms with E-state index in [1.165, 1.54) is 23.5 Å². The van der Waals surface area contributed by atoms with Gasteiger partial charge in [0, 0.05) is 24.3 Å². The number of carbonyl (C=O) groups is 3. The van der Waals surface area contributed by atoms with E-state index < -0.39 is 18.1 Å². The molecule has 0 aliphatic carbocycles. The van der Waals surface area contributed by atoms with Gasteiger partial charge in [0.25, 0.3) is 0 Å². The molecule has 7 heteroatoms. The largest absolute Gasteiger partial charge is 0.467 e. The summed E-state index contributed by atoms with van der Waals surface area (Å²) in [5.41, 5.74) is 2.26. The van der Waals surface area contributed by atoms with Crippen molar-refractivity contribution in [1.82, 2.24) is 4.57 Å². The van der Waals surface area contributed by atoms with Crippen LogP contribution in [0.5, 0.6) is 0 Å². The molecule has 0 spiro atoms. The molecule has 4 rings (SSSR count). The smallest absolute Gasteiger partial charge is 0.416 e. The lowest BCUT2D eigenvalue weighted by atomic mass is 10.1. The number of carbonyl (C=O) groups excluding carboxylic acids is 3. The van der Waals surface area contributed by atoms with Gasteiger partial charge in [-0.05, 0) is 11.6 Å². The van der Waals surface area contributed by atoms with E-state index >= 15 is 0 Å². The normalized spacial score (nSPS) is 15.2. The number of rotatable bonds is 3. The molecule has 1 aliphatic rings. The molecule has 2 heterocycles. The highest BCUT2D eigenvalue weighted by atomic mass is 16.6. The highest BCUT2D eigenvalue weighted by Crippen LogP contribution is 2.41. The summed E-state index contributed by atoms with van der Waals surface area (Å²) in [6.45, 7) is 1.48. The molecule has 7 nitrogen and oxygen atoms in total. The van der Waals surface area contributed by atoms with Crippen molar-refractivity contribution in [3.63, 3.8) is 0 Å². The zero-order valence-electron chi connectivity index (χ0n) is 16.1. The average molecular weight is 392 g/mol. The zero-order valence-corrected chi connectivity index (χ0v) is 16.1. The molecule has 2 aromatic carbocycles. The maximum Gasteiger partial charge on any atom is 0.416 e. The number of ether oxygens (including phenoxy) is 2. The van der Waals surface area contributed by atoms with Crippen molar-refractivity contribution in [2.24, 2.45) is 0 Å². The fraction of sp³-hybridized carbons (Fsp3) is 0.227. The van der Waals surface area contributed by atoms with Crippen LogP contribution < -0.4 is 4.90 Å². The third-order valence-electron chi connectivity index (χ3n) is 5.08. The topological polar surface area (TPSA) is 77.8 Å². The monoisotopic (exact) mass is 392 g/mol. The number of nitrogens with zero attached hydrogens (tertiary/aromatic N) is 2. The lowest BCUT2D eigenvalue weighted by Crippen LogP contribution is -2.45. The molecule has 29 heavy (non-hydrogen) atoms. The number of benzene rings is 2. The first kappa shape index (κ1) is 18.7. The van der Waals surface area contributed by atoms with Crippen LogP contribution in [0.2, 0.25) is 0 Å². The molecule has 0 radical (unpaired) electrons. The van der Waals surface area contributed by atoms with Crippen LogP contribution in [-0.2, 0) is 27.3 Å². The Bertz CT molecular complexity index is 1100. The number of hydrogen-bond donors (Lipinski definition) is 0. The number of esters is 1. The van der Waals surface area contributed by atoms with Gasteiger partial charge >= 0.3 is 12.1 Å². The van der Waals surface area contributed by atoms with E-state index in [0.29, 0.717) is 11.3 Å². The van der Waals surface area contributed by atoms with Gasteiger partial charge in [0.2, 0.25) is 5.91 Å². The number of methoxy groups -OCH3 is 1. The molecular formula is C22H20N2O5. The summed E-state index contributed by atoms with van der Waals surface area (Å²) in [7, 11) is 1.27. The number of anilines is 1. The van der Waals surface area contributed by atoms with Crippen molar-refractivity contribution in [3.8, 4) is 0 Å². The van der Waals surface area contributed by atoms with Crippen LogP contribution in [0.4, 0.5) is 10.6 Å². The first-order valence-electron chi connectivity index (χ1n) is 9.24. The molecule has 0 bridgehead atoms. The predicted molar refractivity (Wildman–Crippen MR) is 107 cm³/mol. The molecule has 0 unspecified atom stereocenters. The van der Waals surface area contributed by atoms with Gasteiger partial charge in [-0.2, -0.15) is 0 Å². The highest BCUT2D eigenvalue weighted by Gasteiger charge is 2.44. The average Bonchev–Trinajstić information content (AvgIpc) is 3.27. The molecule has 0 saturated heterocycles. The second kappa shape index (κ2) is 7.43. The summed E-state index contributed by atoms with van der Waals surface area (Å²) >= 11 is 0. The third-order valence-corrected chi connectivity index (χ3v) is 5.08. The lowest BCUT2D eigenvalue weighted by Gasteiger charge is -2.24. The molecule has 1 amide bonds. The molecule has 1 aromatic heterocycles. The second-order valence-electron chi connectivity index (χ2n) is 6.83. The Balaban J connectivity index is 1.77. The number of fused-ring (bicyclic) bond motifs is 3. The standard InChI is InChI=1S/C22H20N2O5/c1-14(25)23-18-11-7-6-10-16(18)17-12-19(21(26)28-2)24(20(17)23)22(27)29-13-15-8-4-3-5-9-15/h3-11,19H,12-13H2,1-2H3/t19-/m0/s1. The van der Waals surface area contributed by atoms with Crippen LogP contribution >= 0.6 is 0 Å². The summed E-state index contributed by atoms with van der Waals surface area (Å²) in [6.07, 6.45) is -0.447. The highest BCUT2D eigenvalue weighted by molar-refractivity contribution is 6.08. The summed E-state index contributed by atoms with van der Waals surface area (Å²) in [6, 6.07) is 15.7. The predicted octanol–water partition coefficient (Wildman–Crippen LogP) is 3.54. The minimum absolute atomic E-state index is 0.0553. The van der Waals surface area contributed by atoms with E-state index in [1.807, 2.05) is 54.6 Å². The van der Waals surface area contributed by atoms with Gasteiger partial charge < -0.3 is 9.47 Å². The van der Waals surface area contributed by atoms with Gasteiger partial charge in [-0.1, -0.05) is 48.5 Å². The van der Waals surface area contributed by atoms with Crippen LogP contribution in [0.1, 0.15) is 22.8 Å².